The molecule has 0 radical (unpaired) electrons. The number of hydrogen-bond donors (Lipinski definition) is 0. The fourth-order valence-corrected chi connectivity index (χ4v) is 4.52. The van der Waals surface area contributed by atoms with Gasteiger partial charge in [0.2, 0.25) is 0 Å². The lowest BCUT2D eigenvalue weighted by molar-refractivity contribution is 0.582. The van der Waals surface area contributed by atoms with E-state index in [1.54, 1.807) is 24.3 Å². The van der Waals surface area contributed by atoms with E-state index in [0.717, 1.165) is 17.7 Å². The van der Waals surface area contributed by atoms with Gasteiger partial charge in [0.05, 0.1) is 16.6 Å². The van der Waals surface area contributed by atoms with E-state index < -0.39 is 21.9 Å². The van der Waals surface area contributed by atoms with E-state index in [0.29, 0.717) is 10.7 Å². The topological polar surface area (TPSA) is 37.4 Å². The standard InChI is InChI=1S/C20H17ClFNO2S/c1-15(16-5-3-2-4-6-16)23(19-11-7-17(21)8-12-19)26(24,25)20-13-9-18(22)10-14-20/h2-15H,1H3/t15-/m0/s1. The summed E-state index contributed by atoms with van der Waals surface area (Å²) >= 11 is 5.95. The van der Waals surface area contributed by atoms with Crippen molar-refractivity contribution < 1.29 is 12.8 Å². The Balaban J connectivity index is 2.13. The molecule has 26 heavy (non-hydrogen) atoms. The number of halogens is 2. The molecule has 0 saturated carbocycles. The number of benzene rings is 3. The predicted molar refractivity (Wildman–Crippen MR) is 102 cm³/mol. The Labute approximate surface area is 157 Å². The Kier molecular flexibility index (Phi) is 5.30. The molecule has 0 spiro atoms. The summed E-state index contributed by atoms with van der Waals surface area (Å²) in [6, 6.07) is 20.3. The number of nitrogens with zero attached hydrogens (tertiary/aromatic N) is 1. The van der Waals surface area contributed by atoms with Crippen LogP contribution in [0.5, 0.6) is 0 Å². The van der Waals surface area contributed by atoms with Gasteiger partial charge in [0.25, 0.3) is 10.0 Å². The maximum Gasteiger partial charge on any atom is 0.264 e. The average Bonchev–Trinajstić information content (AvgIpc) is 2.64. The molecule has 0 aliphatic heterocycles. The van der Waals surface area contributed by atoms with E-state index in [-0.39, 0.29) is 4.90 Å². The number of hydrogen-bond acceptors (Lipinski definition) is 2. The van der Waals surface area contributed by atoms with Gasteiger partial charge in [-0.2, -0.15) is 0 Å². The largest absolute Gasteiger partial charge is 0.264 e. The van der Waals surface area contributed by atoms with Crippen LogP contribution in [-0.2, 0) is 10.0 Å². The van der Waals surface area contributed by atoms with E-state index >= 15 is 0 Å². The highest BCUT2D eigenvalue weighted by atomic mass is 35.5. The van der Waals surface area contributed by atoms with Crippen LogP contribution in [0.1, 0.15) is 18.5 Å². The number of rotatable bonds is 5. The highest BCUT2D eigenvalue weighted by Crippen LogP contribution is 2.33. The lowest BCUT2D eigenvalue weighted by Crippen LogP contribution is -2.33. The van der Waals surface area contributed by atoms with Crippen LogP contribution in [0.4, 0.5) is 10.1 Å². The summed E-state index contributed by atoms with van der Waals surface area (Å²) in [7, 11) is -3.91. The van der Waals surface area contributed by atoms with Crippen molar-refractivity contribution >= 4 is 27.3 Å². The van der Waals surface area contributed by atoms with Crippen LogP contribution < -0.4 is 4.31 Å². The van der Waals surface area contributed by atoms with Gasteiger partial charge in [-0.25, -0.2) is 12.8 Å². The van der Waals surface area contributed by atoms with E-state index in [1.807, 2.05) is 37.3 Å². The first kappa shape index (κ1) is 18.4. The van der Waals surface area contributed by atoms with Crippen LogP contribution in [0.15, 0.2) is 83.8 Å². The molecule has 0 N–H and O–H groups in total. The minimum Gasteiger partial charge on any atom is -0.259 e. The predicted octanol–water partition coefficient (Wildman–Crippen LogP) is 5.44. The molecule has 3 aromatic rings. The van der Waals surface area contributed by atoms with Crippen molar-refractivity contribution in [2.75, 3.05) is 4.31 Å². The molecule has 6 heteroatoms. The molecule has 3 aromatic carbocycles. The molecule has 0 unspecified atom stereocenters. The van der Waals surface area contributed by atoms with Gasteiger partial charge in [-0.3, -0.25) is 4.31 Å². The second-order valence-electron chi connectivity index (χ2n) is 5.82. The Bertz CT molecular complexity index is 975. The van der Waals surface area contributed by atoms with Crippen molar-refractivity contribution in [2.24, 2.45) is 0 Å². The van der Waals surface area contributed by atoms with Crippen molar-refractivity contribution in [2.45, 2.75) is 17.9 Å². The highest BCUT2D eigenvalue weighted by molar-refractivity contribution is 7.92. The molecular formula is C20H17ClFNO2S. The smallest absolute Gasteiger partial charge is 0.259 e. The zero-order valence-corrected chi connectivity index (χ0v) is 15.6. The minimum atomic E-state index is -3.91. The van der Waals surface area contributed by atoms with Crippen LogP contribution in [0.2, 0.25) is 5.02 Å². The maximum absolute atomic E-state index is 13.3. The third-order valence-electron chi connectivity index (χ3n) is 4.09. The molecule has 0 saturated heterocycles. The third kappa shape index (κ3) is 3.74. The first-order valence-electron chi connectivity index (χ1n) is 8.00. The first-order chi connectivity index (χ1) is 12.4. The van der Waals surface area contributed by atoms with Gasteiger partial charge in [-0.05, 0) is 61.0 Å². The van der Waals surface area contributed by atoms with Crippen LogP contribution in [0.3, 0.4) is 0 Å². The summed E-state index contributed by atoms with van der Waals surface area (Å²) in [4.78, 5) is 0.0247. The summed E-state index contributed by atoms with van der Waals surface area (Å²) < 4.78 is 41.2. The Morgan fingerprint density at radius 1 is 0.885 bits per heavy atom. The summed E-state index contributed by atoms with van der Waals surface area (Å²) in [6.07, 6.45) is 0. The molecule has 0 amide bonds. The lowest BCUT2D eigenvalue weighted by Gasteiger charge is -2.31. The summed E-state index contributed by atoms with van der Waals surface area (Å²) in [5.74, 6) is -0.488. The molecular weight excluding hydrogens is 373 g/mol. The second kappa shape index (κ2) is 7.48. The van der Waals surface area contributed by atoms with Crippen LogP contribution in [0, 0.1) is 5.82 Å². The lowest BCUT2D eigenvalue weighted by atomic mass is 10.1. The van der Waals surface area contributed by atoms with Gasteiger partial charge >= 0.3 is 0 Å². The van der Waals surface area contributed by atoms with Crippen molar-refractivity contribution in [3.05, 3.63) is 95.3 Å². The zero-order valence-electron chi connectivity index (χ0n) is 14.0. The monoisotopic (exact) mass is 389 g/mol. The SMILES string of the molecule is C[C@@H](c1ccccc1)N(c1ccc(Cl)cc1)S(=O)(=O)c1ccc(F)cc1. The van der Waals surface area contributed by atoms with E-state index in [9.17, 15) is 12.8 Å². The molecule has 3 nitrogen and oxygen atoms in total. The fourth-order valence-electron chi connectivity index (χ4n) is 2.75. The molecule has 0 bridgehead atoms. The van der Waals surface area contributed by atoms with Gasteiger partial charge in [0, 0.05) is 5.02 Å². The Hall–Kier alpha value is -2.37. The molecule has 0 aliphatic rings. The van der Waals surface area contributed by atoms with Crippen LogP contribution in [0.25, 0.3) is 0 Å². The Morgan fingerprint density at radius 2 is 1.46 bits per heavy atom. The fraction of sp³-hybridized carbons (Fsp3) is 0.100. The maximum atomic E-state index is 13.3. The molecule has 3 rings (SSSR count). The van der Waals surface area contributed by atoms with Gasteiger partial charge in [-0.1, -0.05) is 41.9 Å². The van der Waals surface area contributed by atoms with Crippen molar-refractivity contribution in [3.8, 4) is 0 Å². The molecule has 1 atom stereocenters. The van der Waals surface area contributed by atoms with Crippen molar-refractivity contribution in [1.82, 2.24) is 0 Å². The van der Waals surface area contributed by atoms with Gasteiger partial charge in [0.1, 0.15) is 5.82 Å². The van der Waals surface area contributed by atoms with Crippen molar-refractivity contribution in [3.63, 3.8) is 0 Å². The van der Waals surface area contributed by atoms with Gasteiger partial charge in [0.15, 0.2) is 0 Å². The zero-order chi connectivity index (χ0) is 18.7. The number of anilines is 1. The van der Waals surface area contributed by atoms with Crippen molar-refractivity contribution in [1.29, 1.82) is 0 Å². The summed E-state index contributed by atoms with van der Waals surface area (Å²) in [5, 5.41) is 0.514. The summed E-state index contributed by atoms with van der Waals surface area (Å²) in [5.41, 5.74) is 1.32. The van der Waals surface area contributed by atoms with E-state index in [2.05, 4.69) is 0 Å². The molecule has 134 valence electrons. The van der Waals surface area contributed by atoms with Gasteiger partial charge in [-0.15, -0.1) is 0 Å². The summed E-state index contributed by atoms with van der Waals surface area (Å²) in [6.45, 7) is 1.81. The normalized spacial score (nSPS) is 12.6. The first-order valence-corrected chi connectivity index (χ1v) is 9.82. The van der Waals surface area contributed by atoms with Crippen LogP contribution >= 0.6 is 11.6 Å². The quantitative estimate of drug-likeness (QED) is 0.583. The second-order valence-corrected chi connectivity index (χ2v) is 8.07. The van der Waals surface area contributed by atoms with E-state index in [4.69, 9.17) is 11.6 Å². The minimum absolute atomic E-state index is 0.0247. The van der Waals surface area contributed by atoms with Gasteiger partial charge < -0.3 is 0 Å². The van der Waals surface area contributed by atoms with Crippen LogP contribution in [-0.4, -0.2) is 8.42 Å². The third-order valence-corrected chi connectivity index (χ3v) is 6.25. The molecule has 0 aromatic heterocycles. The molecule has 0 fully saturated rings. The van der Waals surface area contributed by atoms with E-state index in [1.165, 1.54) is 16.4 Å². The number of sulfonamides is 1. The average molecular weight is 390 g/mol. The molecule has 0 aliphatic carbocycles. The Morgan fingerprint density at radius 3 is 2.04 bits per heavy atom. The highest BCUT2D eigenvalue weighted by Gasteiger charge is 2.30. The molecule has 0 heterocycles.